The Bertz CT molecular complexity index is 494. The van der Waals surface area contributed by atoms with Crippen molar-refractivity contribution in [1.82, 2.24) is 19.7 Å². The average molecular weight is 316 g/mol. The first-order chi connectivity index (χ1) is 7.16. The van der Waals surface area contributed by atoms with E-state index in [0.29, 0.717) is 5.95 Å². The molecule has 0 atom stereocenters. The number of rotatable bonds is 2. The van der Waals surface area contributed by atoms with Crippen LogP contribution in [-0.2, 0) is 0 Å². The van der Waals surface area contributed by atoms with E-state index in [1.54, 1.807) is 12.4 Å². The van der Waals surface area contributed by atoms with Gasteiger partial charge in [-0.2, -0.15) is 5.10 Å². The summed E-state index contributed by atoms with van der Waals surface area (Å²) < 4.78 is 2.22. The van der Waals surface area contributed by atoms with Gasteiger partial charge < -0.3 is 5.11 Å². The number of carboxylic acid groups (broad SMARTS) is 1. The van der Waals surface area contributed by atoms with Crippen LogP contribution in [0.4, 0.5) is 0 Å². The smallest absolute Gasteiger partial charge is 0.338 e. The van der Waals surface area contributed by atoms with Crippen LogP contribution in [0.2, 0.25) is 0 Å². The molecule has 7 heteroatoms. The van der Waals surface area contributed by atoms with E-state index in [-0.39, 0.29) is 5.56 Å². The molecule has 0 aliphatic rings. The number of nitrogens with zero attached hydrogens (tertiary/aromatic N) is 4. The van der Waals surface area contributed by atoms with Gasteiger partial charge in [0.05, 0.1) is 11.8 Å². The summed E-state index contributed by atoms with van der Waals surface area (Å²) in [5.41, 5.74) is 0.108. The summed E-state index contributed by atoms with van der Waals surface area (Å²) in [4.78, 5) is 18.6. The van der Waals surface area contributed by atoms with E-state index in [0.717, 1.165) is 3.57 Å². The number of carbonyl (C=O) groups is 1. The molecule has 2 aromatic rings. The van der Waals surface area contributed by atoms with Gasteiger partial charge in [0.2, 0.25) is 0 Å². The zero-order valence-corrected chi connectivity index (χ0v) is 9.49. The summed E-state index contributed by atoms with van der Waals surface area (Å²) >= 11 is 2.08. The summed E-state index contributed by atoms with van der Waals surface area (Å²) in [5, 5.41) is 12.5. The molecule has 1 N–H and O–H groups in total. The van der Waals surface area contributed by atoms with Crippen LogP contribution in [0.25, 0.3) is 5.95 Å². The second kappa shape index (κ2) is 3.93. The van der Waals surface area contributed by atoms with Crippen molar-refractivity contribution in [3.63, 3.8) is 0 Å². The Labute approximate surface area is 98.1 Å². The molecule has 15 heavy (non-hydrogen) atoms. The SMILES string of the molecule is O=C(O)c1cnn(-c2ncc(I)cn2)c1. The van der Waals surface area contributed by atoms with Gasteiger partial charge >= 0.3 is 5.97 Å². The van der Waals surface area contributed by atoms with Gasteiger partial charge in [-0.05, 0) is 22.6 Å². The first-order valence-corrected chi connectivity index (χ1v) is 5.00. The maximum atomic E-state index is 10.6. The Hall–Kier alpha value is -1.51. The van der Waals surface area contributed by atoms with Crippen LogP contribution in [0.3, 0.4) is 0 Å². The van der Waals surface area contributed by atoms with Gasteiger partial charge in [-0.25, -0.2) is 19.4 Å². The summed E-state index contributed by atoms with van der Waals surface area (Å²) in [6, 6.07) is 0. The van der Waals surface area contributed by atoms with E-state index in [2.05, 4.69) is 37.7 Å². The highest BCUT2D eigenvalue weighted by molar-refractivity contribution is 14.1. The molecule has 0 aliphatic heterocycles. The van der Waals surface area contributed by atoms with E-state index >= 15 is 0 Å². The van der Waals surface area contributed by atoms with Crippen molar-refractivity contribution < 1.29 is 9.90 Å². The molecule has 0 unspecified atom stereocenters. The van der Waals surface area contributed by atoms with Crippen molar-refractivity contribution in [2.45, 2.75) is 0 Å². The lowest BCUT2D eigenvalue weighted by Crippen LogP contribution is -2.01. The molecule has 0 aliphatic carbocycles. The van der Waals surface area contributed by atoms with Crippen LogP contribution in [0.15, 0.2) is 24.8 Å². The minimum Gasteiger partial charge on any atom is -0.478 e. The Kier molecular flexibility index (Phi) is 2.62. The number of halogens is 1. The number of hydrogen-bond donors (Lipinski definition) is 1. The van der Waals surface area contributed by atoms with E-state index < -0.39 is 5.97 Å². The molecule has 0 fully saturated rings. The maximum Gasteiger partial charge on any atom is 0.338 e. The predicted molar refractivity (Wildman–Crippen MR) is 58.8 cm³/mol. The monoisotopic (exact) mass is 316 g/mol. The summed E-state index contributed by atoms with van der Waals surface area (Å²) in [6.07, 6.45) is 5.88. The predicted octanol–water partition coefficient (Wildman–Crippen LogP) is 0.965. The van der Waals surface area contributed by atoms with E-state index in [1.165, 1.54) is 17.1 Å². The minimum absolute atomic E-state index is 0.108. The molecule has 0 saturated heterocycles. The minimum atomic E-state index is -1.02. The molecule has 2 heterocycles. The lowest BCUT2D eigenvalue weighted by Gasteiger charge is -1.97. The lowest BCUT2D eigenvalue weighted by atomic mass is 10.4. The van der Waals surface area contributed by atoms with E-state index in [1.807, 2.05) is 0 Å². The number of aromatic carboxylic acids is 1. The quantitative estimate of drug-likeness (QED) is 0.835. The van der Waals surface area contributed by atoms with Crippen LogP contribution in [0.1, 0.15) is 10.4 Å². The van der Waals surface area contributed by atoms with Crippen LogP contribution in [0.5, 0.6) is 0 Å². The molecule has 0 spiro atoms. The van der Waals surface area contributed by atoms with Crippen molar-refractivity contribution in [2.24, 2.45) is 0 Å². The second-order valence-electron chi connectivity index (χ2n) is 2.68. The Balaban J connectivity index is 2.37. The van der Waals surface area contributed by atoms with Gasteiger partial charge in [0.25, 0.3) is 5.95 Å². The van der Waals surface area contributed by atoms with Crippen LogP contribution < -0.4 is 0 Å². The van der Waals surface area contributed by atoms with Gasteiger partial charge in [0.1, 0.15) is 0 Å². The Morgan fingerprint density at radius 1 is 1.33 bits per heavy atom. The molecule has 0 bridgehead atoms. The highest BCUT2D eigenvalue weighted by Crippen LogP contribution is 2.05. The number of aromatic nitrogens is 4. The third kappa shape index (κ3) is 2.12. The van der Waals surface area contributed by atoms with Crippen molar-refractivity contribution in [1.29, 1.82) is 0 Å². The number of hydrogen-bond acceptors (Lipinski definition) is 4. The van der Waals surface area contributed by atoms with E-state index in [4.69, 9.17) is 5.11 Å². The fraction of sp³-hybridized carbons (Fsp3) is 0. The van der Waals surface area contributed by atoms with Crippen molar-refractivity contribution in [3.8, 4) is 5.95 Å². The fourth-order valence-corrected chi connectivity index (χ4v) is 1.24. The first-order valence-electron chi connectivity index (χ1n) is 3.93. The maximum absolute atomic E-state index is 10.6. The summed E-state index contributed by atoms with van der Waals surface area (Å²) in [6.45, 7) is 0. The lowest BCUT2D eigenvalue weighted by molar-refractivity contribution is 0.0697. The molecule has 0 aromatic carbocycles. The van der Waals surface area contributed by atoms with Gasteiger partial charge in [-0.1, -0.05) is 0 Å². The fourth-order valence-electron chi connectivity index (χ4n) is 0.966. The highest BCUT2D eigenvalue weighted by atomic mass is 127. The van der Waals surface area contributed by atoms with Crippen LogP contribution in [0, 0.1) is 3.57 Å². The molecule has 0 saturated carbocycles. The highest BCUT2D eigenvalue weighted by Gasteiger charge is 2.08. The molecular weight excluding hydrogens is 311 g/mol. The van der Waals surface area contributed by atoms with Gasteiger partial charge in [0.15, 0.2) is 0 Å². The van der Waals surface area contributed by atoms with Gasteiger partial charge in [-0.15, -0.1) is 0 Å². The normalized spacial score (nSPS) is 10.2. The molecule has 2 aromatic heterocycles. The second-order valence-corrected chi connectivity index (χ2v) is 3.93. The third-order valence-corrected chi connectivity index (χ3v) is 2.20. The van der Waals surface area contributed by atoms with Crippen molar-refractivity contribution >= 4 is 28.6 Å². The summed E-state index contributed by atoms with van der Waals surface area (Å²) in [5.74, 6) is -0.672. The standard InChI is InChI=1S/C8H5IN4O2/c9-6-2-10-8(11-3-6)13-4-5(1-12-13)7(14)15/h1-4H,(H,14,15). The Morgan fingerprint density at radius 3 is 2.53 bits per heavy atom. The zero-order valence-electron chi connectivity index (χ0n) is 7.33. The molecule has 0 radical (unpaired) electrons. The first kappa shape index (κ1) is 10.0. The van der Waals surface area contributed by atoms with Gasteiger partial charge in [-0.3, -0.25) is 0 Å². The Morgan fingerprint density at radius 2 is 2.00 bits per heavy atom. The molecule has 76 valence electrons. The zero-order chi connectivity index (χ0) is 10.8. The molecule has 2 rings (SSSR count). The van der Waals surface area contributed by atoms with Crippen LogP contribution >= 0.6 is 22.6 Å². The topological polar surface area (TPSA) is 80.9 Å². The van der Waals surface area contributed by atoms with Crippen molar-refractivity contribution in [2.75, 3.05) is 0 Å². The van der Waals surface area contributed by atoms with Crippen molar-refractivity contribution in [3.05, 3.63) is 33.9 Å². The largest absolute Gasteiger partial charge is 0.478 e. The molecule has 0 amide bonds. The van der Waals surface area contributed by atoms with Crippen LogP contribution in [-0.4, -0.2) is 30.8 Å². The van der Waals surface area contributed by atoms with E-state index in [9.17, 15) is 4.79 Å². The summed E-state index contributed by atoms with van der Waals surface area (Å²) in [7, 11) is 0. The van der Waals surface area contributed by atoms with Gasteiger partial charge in [0, 0.05) is 22.2 Å². The third-order valence-electron chi connectivity index (χ3n) is 1.64. The molecular formula is C8H5IN4O2. The molecule has 6 nitrogen and oxygen atoms in total. The average Bonchev–Trinajstić information content (AvgIpc) is 2.68. The number of carboxylic acids is 1.